The zero-order valence-corrected chi connectivity index (χ0v) is 6.34. The van der Waals surface area contributed by atoms with Crippen LogP contribution in [0.2, 0.25) is 0 Å². The van der Waals surface area contributed by atoms with E-state index >= 15 is 0 Å². The zero-order valence-electron chi connectivity index (χ0n) is 6.34. The highest BCUT2D eigenvalue weighted by Gasteiger charge is 2.25. The number of carbonyl (C=O) groups excluding carboxylic acids is 1. The monoisotopic (exact) mass is 152 g/mol. The van der Waals surface area contributed by atoms with Crippen LogP contribution >= 0.6 is 0 Å². The minimum absolute atomic E-state index is 0.120. The molecule has 1 aliphatic rings. The van der Waals surface area contributed by atoms with Gasteiger partial charge in [-0.1, -0.05) is 0 Å². The minimum Gasteiger partial charge on any atom is -0.352 e. The lowest BCUT2D eigenvalue weighted by Gasteiger charge is -2.07. The van der Waals surface area contributed by atoms with Crippen molar-refractivity contribution >= 4 is 5.91 Å². The van der Waals surface area contributed by atoms with Gasteiger partial charge in [0.05, 0.1) is 6.04 Å². The molecule has 0 radical (unpaired) electrons. The van der Waals surface area contributed by atoms with Crippen molar-refractivity contribution in [2.75, 3.05) is 0 Å². The smallest absolute Gasteiger partial charge is 0.238 e. The van der Waals surface area contributed by atoms with Crippen molar-refractivity contribution in [1.29, 1.82) is 0 Å². The van der Waals surface area contributed by atoms with Crippen molar-refractivity contribution < 1.29 is 4.79 Å². The third kappa shape index (κ3) is 2.60. The van der Waals surface area contributed by atoms with Gasteiger partial charge >= 0.3 is 0 Å². The zero-order chi connectivity index (χ0) is 8.27. The lowest BCUT2D eigenvalue weighted by Crippen LogP contribution is -2.41. The standard InChI is InChI=1S/C8H12N2O/c1-2-3-7(9)8(11)10-6-4-5-6/h1,6-7H,3-5,9H2,(H,10,11). The third-order valence-electron chi connectivity index (χ3n) is 1.60. The van der Waals surface area contributed by atoms with Gasteiger partial charge in [-0.3, -0.25) is 4.79 Å². The summed E-state index contributed by atoms with van der Waals surface area (Å²) in [7, 11) is 0. The van der Waals surface area contributed by atoms with Crippen LogP contribution in [0.3, 0.4) is 0 Å². The first-order valence-electron chi connectivity index (χ1n) is 3.73. The number of nitrogens with two attached hydrogens (primary N) is 1. The van der Waals surface area contributed by atoms with E-state index in [4.69, 9.17) is 12.2 Å². The maximum absolute atomic E-state index is 11.1. The van der Waals surface area contributed by atoms with E-state index in [1.165, 1.54) is 0 Å². The first-order valence-corrected chi connectivity index (χ1v) is 3.73. The highest BCUT2D eigenvalue weighted by atomic mass is 16.2. The van der Waals surface area contributed by atoms with Crippen molar-refractivity contribution in [2.45, 2.75) is 31.3 Å². The Morgan fingerprint density at radius 3 is 2.91 bits per heavy atom. The normalized spacial score (nSPS) is 18.5. The van der Waals surface area contributed by atoms with Crippen LogP contribution in [-0.4, -0.2) is 18.0 Å². The molecule has 0 aromatic carbocycles. The molecule has 0 bridgehead atoms. The van der Waals surface area contributed by atoms with E-state index in [2.05, 4.69) is 11.2 Å². The topological polar surface area (TPSA) is 55.1 Å². The van der Waals surface area contributed by atoms with Crippen molar-refractivity contribution in [3.8, 4) is 12.3 Å². The predicted molar refractivity (Wildman–Crippen MR) is 42.6 cm³/mol. The molecule has 1 aliphatic carbocycles. The summed E-state index contributed by atoms with van der Waals surface area (Å²) in [6.07, 6.45) is 7.48. The largest absolute Gasteiger partial charge is 0.352 e. The second kappa shape index (κ2) is 3.40. The van der Waals surface area contributed by atoms with E-state index in [0.717, 1.165) is 12.8 Å². The minimum atomic E-state index is -0.527. The number of nitrogens with one attached hydrogen (secondary N) is 1. The summed E-state index contributed by atoms with van der Waals surface area (Å²) in [5.41, 5.74) is 5.45. The molecule has 1 unspecified atom stereocenters. The Balaban J connectivity index is 2.22. The lowest BCUT2D eigenvalue weighted by molar-refractivity contribution is -0.122. The van der Waals surface area contributed by atoms with Gasteiger partial charge in [0.25, 0.3) is 0 Å². The highest BCUT2D eigenvalue weighted by Crippen LogP contribution is 2.18. The fraction of sp³-hybridized carbons (Fsp3) is 0.625. The number of carbonyl (C=O) groups is 1. The van der Waals surface area contributed by atoms with Gasteiger partial charge in [0.1, 0.15) is 0 Å². The number of hydrogen-bond acceptors (Lipinski definition) is 2. The summed E-state index contributed by atoms with van der Waals surface area (Å²) in [5.74, 6) is 2.24. The molecule has 3 nitrogen and oxygen atoms in total. The average molecular weight is 152 g/mol. The summed E-state index contributed by atoms with van der Waals surface area (Å²) in [5, 5.41) is 2.78. The Kier molecular flexibility index (Phi) is 2.50. The Hall–Kier alpha value is -1.01. The quantitative estimate of drug-likeness (QED) is 0.541. The van der Waals surface area contributed by atoms with Gasteiger partial charge in [-0.05, 0) is 12.8 Å². The second-order valence-electron chi connectivity index (χ2n) is 2.80. The molecule has 0 aromatic rings. The molecule has 0 saturated heterocycles. The fourth-order valence-corrected chi connectivity index (χ4v) is 0.756. The molecule has 0 spiro atoms. The molecule has 1 rings (SSSR count). The Bertz CT molecular complexity index is 191. The number of rotatable bonds is 3. The van der Waals surface area contributed by atoms with Crippen molar-refractivity contribution in [3.05, 3.63) is 0 Å². The molecule has 1 atom stereocenters. The molecule has 1 amide bonds. The first-order chi connectivity index (χ1) is 5.24. The van der Waals surface area contributed by atoms with Crippen LogP contribution in [0.5, 0.6) is 0 Å². The molecule has 0 heterocycles. The summed E-state index contributed by atoms with van der Waals surface area (Å²) < 4.78 is 0. The summed E-state index contributed by atoms with van der Waals surface area (Å²) in [6.45, 7) is 0. The predicted octanol–water partition coefficient (Wildman–Crippen LogP) is -0.384. The highest BCUT2D eigenvalue weighted by molar-refractivity contribution is 5.82. The van der Waals surface area contributed by atoms with E-state index < -0.39 is 6.04 Å². The Morgan fingerprint density at radius 1 is 1.82 bits per heavy atom. The molecule has 1 saturated carbocycles. The fourth-order valence-electron chi connectivity index (χ4n) is 0.756. The van der Waals surface area contributed by atoms with Gasteiger partial charge in [0, 0.05) is 12.5 Å². The van der Waals surface area contributed by atoms with E-state index in [-0.39, 0.29) is 5.91 Å². The van der Waals surface area contributed by atoms with Gasteiger partial charge < -0.3 is 11.1 Å². The molecule has 1 fully saturated rings. The Labute approximate surface area is 66.3 Å². The third-order valence-corrected chi connectivity index (χ3v) is 1.60. The van der Waals surface area contributed by atoms with E-state index in [1.807, 2.05) is 0 Å². The van der Waals surface area contributed by atoms with Crippen LogP contribution in [-0.2, 0) is 4.79 Å². The van der Waals surface area contributed by atoms with Crippen LogP contribution < -0.4 is 11.1 Å². The second-order valence-corrected chi connectivity index (χ2v) is 2.80. The van der Waals surface area contributed by atoms with Crippen LogP contribution in [0, 0.1) is 12.3 Å². The summed E-state index contributed by atoms with van der Waals surface area (Å²) in [4.78, 5) is 11.1. The maximum Gasteiger partial charge on any atom is 0.238 e. The molecular weight excluding hydrogens is 140 g/mol. The van der Waals surface area contributed by atoms with Crippen molar-refractivity contribution in [1.82, 2.24) is 5.32 Å². The van der Waals surface area contributed by atoms with Crippen molar-refractivity contribution in [3.63, 3.8) is 0 Å². The Morgan fingerprint density at radius 2 is 2.45 bits per heavy atom. The van der Waals surface area contributed by atoms with Gasteiger partial charge in [-0.25, -0.2) is 0 Å². The van der Waals surface area contributed by atoms with Gasteiger partial charge in [-0.15, -0.1) is 12.3 Å². The molecule has 11 heavy (non-hydrogen) atoms. The van der Waals surface area contributed by atoms with Crippen LogP contribution in [0.25, 0.3) is 0 Å². The molecule has 0 aromatic heterocycles. The summed E-state index contributed by atoms with van der Waals surface area (Å²) >= 11 is 0. The molecule has 3 N–H and O–H groups in total. The van der Waals surface area contributed by atoms with Gasteiger partial charge in [0.2, 0.25) is 5.91 Å². The number of amides is 1. The van der Waals surface area contributed by atoms with Crippen LogP contribution in [0.1, 0.15) is 19.3 Å². The van der Waals surface area contributed by atoms with Gasteiger partial charge in [0.15, 0.2) is 0 Å². The lowest BCUT2D eigenvalue weighted by atomic mass is 10.2. The molecular formula is C8H12N2O. The van der Waals surface area contributed by atoms with Crippen LogP contribution in [0.4, 0.5) is 0 Å². The molecule has 3 heteroatoms. The van der Waals surface area contributed by atoms with Crippen molar-refractivity contribution in [2.24, 2.45) is 5.73 Å². The average Bonchev–Trinajstić information content (AvgIpc) is 2.72. The summed E-state index contributed by atoms with van der Waals surface area (Å²) in [6, 6.07) is -0.160. The molecule has 0 aliphatic heterocycles. The van der Waals surface area contributed by atoms with E-state index in [9.17, 15) is 4.79 Å². The number of hydrogen-bond donors (Lipinski definition) is 2. The van der Waals surface area contributed by atoms with E-state index in [1.54, 1.807) is 0 Å². The van der Waals surface area contributed by atoms with E-state index in [0.29, 0.717) is 12.5 Å². The maximum atomic E-state index is 11.1. The van der Waals surface area contributed by atoms with Gasteiger partial charge in [-0.2, -0.15) is 0 Å². The SMILES string of the molecule is C#CCC(N)C(=O)NC1CC1. The molecule has 60 valence electrons. The van der Waals surface area contributed by atoms with Crippen LogP contribution in [0.15, 0.2) is 0 Å². The number of terminal acetylenes is 1. The first kappa shape index (κ1) is 8.09.